The third-order valence-corrected chi connectivity index (χ3v) is 2.73. The summed E-state index contributed by atoms with van der Waals surface area (Å²) >= 11 is 3.08. The van der Waals surface area contributed by atoms with Crippen molar-refractivity contribution in [2.24, 2.45) is 0 Å². The molecule has 1 amide bonds. The molecular formula is C11H11BrN4O. The SMILES string of the molecule is Cc1nccn1-c1ccc(NC(=O)CBr)cn1. The number of carbonyl (C=O) groups excluding carboxylic acids is 1. The Balaban J connectivity index is 2.19. The van der Waals surface area contributed by atoms with Crippen molar-refractivity contribution in [2.75, 3.05) is 10.6 Å². The molecule has 0 saturated heterocycles. The van der Waals surface area contributed by atoms with Crippen LogP contribution in [0.15, 0.2) is 30.7 Å². The molecule has 0 fully saturated rings. The van der Waals surface area contributed by atoms with Crippen molar-refractivity contribution in [1.29, 1.82) is 0 Å². The number of hydrogen-bond acceptors (Lipinski definition) is 3. The van der Waals surface area contributed by atoms with Crippen molar-refractivity contribution in [2.45, 2.75) is 6.92 Å². The molecule has 0 atom stereocenters. The van der Waals surface area contributed by atoms with Gasteiger partial charge in [-0.3, -0.25) is 9.36 Å². The Morgan fingerprint density at radius 1 is 1.47 bits per heavy atom. The number of pyridine rings is 1. The van der Waals surface area contributed by atoms with Gasteiger partial charge in [0, 0.05) is 12.4 Å². The molecule has 2 aromatic rings. The number of nitrogens with one attached hydrogen (secondary N) is 1. The van der Waals surface area contributed by atoms with Gasteiger partial charge in [0.1, 0.15) is 11.6 Å². The van der Waals surface area contributed by atoms with E-state index < -0.39 is 0 Å². The molecular weight excluding hydrogens is 284 g/mol. The predicted molar refractivity (Wildman–Crippen MR) is 68.5 cm³/mol. The molecule has 0 unspecified atom stereocenters. The standard InChI is InChI=1S/C11H11BrN4O/c1-8-13-4-5-16(8)10-3-2-9(7-14-10)15-11(17)6-12/h2-5,7H,6H2,1H3,(H,15,17). The van der Waals surface area contributed by atoms with Crippen LogP contribution in [0.25, 0.3) is 5.82 Å². The first-order chi connectivity index (χ1) is 8.20. The van der Waals surface area contributed by atoms with Gasteiger partial charge in [0.05, 0.1) is 17.2 Å². The Morgan fingerprint density at radius 3 is 2.82 bits per heavy atom. The van der Waals surface area contributed by atoms with E-state index in [4.69, 9.17) is 0 Å². The van der Waals surface area contributed by atoms with Crippen molar-refractivity contribution in [1.82, 2.24) is 14.5 Å². The zero-order valence-corrected chi connectivity index (χ0v) is 10.8. The maximum Gasteiger partial charge on any atom is 0.235 e. The average molecular weight is 295 g/mol. The number of carbonyl (C=O) groups is 1. The lowest BCUT2D eigenvalue weighted by Gasteiger charge is -2.06. The lowest BCUT2D eigenvalue weighted by Crippen LogP contribution is -2.12. The van der Waals surface area contributed by atoms with Crippen molar-refractivity contribution >= 4 is 27.5 Å². The van der Waals surface area contributed by atoms with Gasteiger partial charge in [-0.1, -0.05) is 15.9 Å². The van der Waals surface area contributed by atoms with Gasteiger partial charge in [-0.25, -0.2) is 9.97 Å². The van der Waals surface area contributed by atoms with Crippen LogP contribution >= 0.6 is 15.9 Å². The summed E-state index contributed by atoms with van der Waals surface area (Å²) in [5.41, 5.74) is 0.677. The molecule has 2 aromatic heterocycles. The van der Waals surface area contributed by atoms with Crippen molar-refractivity contribution < 1.29 is 4.79 Å². The number of aromatic nitrogens is 3. The number of hydrogen-bond donors (Lipinski definition) is 1. The van der Waals surface area contributed by atoms with Crippen LogP contribution in [0.2, 0.25) is 0 Å². The maximum absolute atomic E-state index is 11.1. The largest absolute Gasteiger partial charge is 0.324 e. The minimum atomic E-state index is -0.0987. The monoisotopic (exact) mass is 294 g/mol. The summed E-state index contributed by atoms with van der Waals surface area (Å²) in [7, 11) is 0. The molecule has 0 spiro atoms. The third kappa shape index (κ3) is 2.71. The van der Waals surface area contributed by atoms with Crippen molar-refractivity contribution in [3.05, 3.63) is 36.5 Å². The van der Waals surface area contributed by atoms with Crippen LogP contribution in [0.4, 0.5) is 5.69 Å². The Bertz CT molecular complexity index is 521. The quantitative estimate of drug-likeness (QED) is 0.880. The molecule has 0 radical (unpaired) electrons. The molecule has 0 aliphatic carbocycles. The number of amides is 1. The molecule has 0 aliphatic heterocycles. The normalized spacial score (nSPS) is 10.2. The van der Waals surface area contributed by atoms with Gasteiger partial charge in [0.15, 0.2) is 0 Å². The first-order valence-corrected chi connectivity index (χ1v) is 6.15. The van der Waals surface area contributed by atoms with Gasteiger partial charge in [-0.15, -0.1) is 0 Å². The van der Waals surface area contributed by atoms with E-state index in [0.29, 0.717) is 5.69 Å². The number of imidazole rings is 1. The van der Waals surface area contributed by atoms with Crippen molar-refractivity contribution in [3.63, 3.8) is 0 Å². The molecule has 2 heterocycles. The van der Waals surface area contributed by atoms with Gasteiger partial charge in [-0.05, 0) is 19.1 Å². The Hall–Kier alpha value is -1.69. The van der Waals surface area contributed by atoms with E-state index in [0.717, 1.165) is 11.6 Å². The molecule has 17 heavy (non-hydrogen) atoms. The van der Waals surface area contributed by atoms with Crippen molar-refractivity contribution in [3.8, 4) is 5.82 Å². The van der Waals surface area contributed by atoms with E-state index in [9.17, 15) is 4.79 Å². The summed E-state index contributed by atoms with van der Waals surface area (Å²) in [5, 5.41) is 2.98. The average Bonchev–Trinajstić information content (AvgIpc) is 2.76. The fourth-order valence-corrected chi connectivity index (χ4v) is 1.56. The lowest BCUT2D eigenvalue weighted by atomic mass is 10.4. The Morgan fingerprint density at radius 2 is 2.29 bits per heavy atom. The molecule has 2 rings (SSSR count). The Kier molecular flexibility index (Phi) is 3.53. The molecule has 88 valence electrons. The number of anilines is 1. The van der Waals surface area contributed by atoms with E-state index in [1.54, 1.807) is 12.4 Å². The second kappa shape index (κ2) is 5.09. The van der Waals surface area contributed by atoms with Gasteiger partial charge < -0.3 is 5.32 Å². The molecule has 0 aliphatic rings. The van der Waals surface area contributed by atoms with Gasteiger partial charge in [0.25, 0.3) is 0 Å². The number of alkyl halides is 1. The molecule has 0 aromatic carbocycles. The summed E-state index contributed by atoms with van der Waals surface area (Å²) in [6, 6.07) is 3.64. The van der Waals surface area contributed by atoms with Crippen LogP contribution in [0.5, 0.6) is 0 Å². The van der Waals surface area contributed by atoms with Crippen LogP contribution in [0, 0.1) is 6.92 Å². The first kappa shape index (κ1) is 11.8. The molecule has 6 heteroatoms. The summed E-state index contributed by atoms with van der Waals surface area (Å²) in [6.45, 7) is 1.90. The zero-order valence-electron chi connectivity index (χ0n) is 9.22. The second-order valence-corrected chi connectivity index (χ2v) is 3.99. The summed E-state index contributed by atoms with van der Waals surface area (Å²) < 4.78 is 1.87. The van der Waals surface area contributed by atoms with E-state index in [1.165, 1.54) is 0 Å². The van der Waals surface area contributed by atoms with Crippen LogP contribution < -0.4 is 5.32 Å². The number of halogens is 1. The molecule has 5 nitrogen and oxygen atoms in total. The highest BCUT2D eigenvalue weighted by Gasteiger charge is 2.03. The highest BCUT2D eigenvalue weighted by atomic mass is 79.9. The van der Waals surface area contributed by atoms with Gasteiger partial charge >= 0.3 is 0 Å². The summed E-state index contributed by atoms with van der Waals surface area (Å²) in [5.74, 6) is 1.55. The maximum atomic E-state index is 11.1. The number of nitrogens with zero attached hydrogens (tertiary/aromatic N) is 3. The predicted octanol–water partition coefficient (Wildman–Crippen LogP) is 1.91. The number of rotatable bonds is 3. The minimum absolute atomic E-state index is 0.0987. The smallest absolute Gasteiger partial charge is 0.235 e. The van der Waals surface area contributed by atoms with E-state index >= 15 is 0 Å². The topological polar surface area (TPSA) is 59.8 Å². The van der Waals surface area contributed by atoms with Crippen LogP contribution in [-0.4, -0.2) is 25.8 Å². The van der Waals surface area contributed by atoms with E-state index in [-0.39, 0.29) is 11.2 Å². The zero-order chi connectivity index (χ0) is 12.3. The highest BCUT2D eigenvalue weighted by molar-refractivity contribution is 9.09. The lowest BCUT2D eigenvalue weighted by molar-refractivity contribution is -0.113. The third-order valence-electron chi connectivity index (χ3n) is 2.23. The summed E-state index contributed by atoms with van der Waals surface area (Å²) in [6.07, 6.45) is 5.18. The minimum Gasteiger partial charge on any atom is -0.324 e. The van der Waals surface area contributed by atoms with Crippen LogP contribution in [0.3, 0.4) is 0 Å². The first-order valence-electron chi connectivity index (χ1n) is 5.03. The second-order valence-electron chi connectivity index (χ2n) is 3.43. The number of aryl methyl sites for hydroxylation is 1. The van der Waals surface area contributed by atoms with E-state index in [2.05, 4.69) is 31.2 Å². The van der Waals surface area contributed by atoms with Gasteiger partial charge in [0.2, 0.25) is 5.91 Å². The van der Waals surface area contributed by atoms with Crippen LogP contribution in [0.1, 0.15) is 5.82 Å². The van der Waals surface area contributed by atoms with Gasteiger partial charge in [-0.2, -0.15) is 0 Å². The summed E-state index contributed by atoms with van der Waals surface area (Å²) in [4.78, 5) is 19.5. The van der Waals surface area contributed by atoms with E-state index in [1.807, 2.05) is 29.8 Å². The molecule has 0 saturated carbocycles. The fraction of sp³-hybridized carbons (Fsp3) is 0.182. The fourth-order valence-electron chi connectivity index (χ4n) is 1.42. The highest BCUT2D eigenvalue weighted by Crippen LogP contribution is 2.11. The van der Waals surface area contributed by atoms with Crippen LogP contribution in [-0.2, 0) is 4.79 Å². The molecule has 0 bridgehead atoms. The molecule has 1 N–H and O–H groups in total. The Labute approximate surface area is 107 Å².